The molecule has 0 fully saturated rings. The van der Waals surface area contributed by atoms with Crippen molar-refractivity contribution in [3.8, 4) is 0 Å². The van der Waals surface area contributed by atoms with Gasteiger partial charge in [-0.25, -0.2) is 4.79 Å². The standard InChI is InChI=1S/C10H13Cl.CH3NO2/c1-2-3-6-9-7-4-5-8-10(9)11;2-1(3)4/h4-5,7-8H,2-3,6H2,1H3;2H2,(H,3,4). The minimum atomic E-state index is -1.33. The van der Waals surface area contributed by atoms with Crippen LogP contribution in [0.4, 0.5) is 4.79 Å². The van der Waals surface area contributed by atoms with Crippen LogP contribution in [0.15, 0.2) is 24.3 Å². The Morgan fingerprint density at radius 1 is 1.47 bits per heavy atom. The molecule has 15 heavy (non-hydrogen) atoms. The SMILES string of the molecule is CCCCc1ccccc1Cl.NC(=O)O. The van der Waals surface area contributed by atoms with E-state index in [2.05, 4.69) is 18.7 Å². The summed E-state index contributed by atoms with van der Waals surface area (Å²) in [4.78, 5) is 8.78. The van der Waals surface area contributed by atoms with Crippen molar-refractivity contribution in [2.75, 3.05) is 0 Å². The number of benzene rings is 1. The molecule has 1 amide bonds. The Balaban J connectivity index is 0.000000423. The van der Waals surface area contributed by atoms with Crippen molar-refractivity contribution in [2.24, 2.45) is 5.73 Å². The number of carboxylic acid groups (broad SMARTS) is 1. The Morgan fingerprint density at radius 2 is 2.00 bits per heavy atom. The lowest BCUT2D eigenvalue weighted by Crippen LogP contribution is -2.03. The number of amides is 1. The van der Waals surface area contributed by atoms with Crippen LogP contribution in [0.3, 0.4) is 0 Å². The molecule has 0 bridgehead atoms. The van der Waals surface area contributed by atoms with Crippen LogP contribution < -0.4 is 5.73 Å². The number of carbonyl (C=O) groups is 1. The summed E-state index contributed by atoms with van der Waals surface area (Å²) in [7, 11) is 0. The molecule has 0 atom stereocenters. The fourth-order valence-corrected chi connectivity index (χ4v) is 1.30. The van der Waals surface area contributed by atoms with Crippen LogP contribution in [0, 0.1) is 0 Å². The van der Waals surface area contributed by atoms with E-state index in [1.54, 1.807) is 0 Å². The van der Waals surface area contributed by atoms with Gasteiger partial charge in [0.2, 0.25) is 0 Å². The minimum absolute atomic E-state index is 0.904. The van der Waals surface area contributed by atoms with Gasteiger partial charge in [0.05, 0.1) is 0 Å². The fraction of sp³-hybridized carbons (Fsp3) is 0.364. The second kappa shape index (κ2) is 8.12. The number of halogens is 1. The molecule has 0 aliphatic carbocycles. The number of hydrogen-bond donors (Lipinski definition) is 2. The molecule has 1 aromatic rings. The number of primary amides is 1. The molecule has 1 rings (SSSR count). The van der Waals surface area contributed by atoms with Gasteiger partial charge in [0.1, 0.15) is 0 Å². The smallest absolute Gasteiger partial charge is 0.402 e. The van der Waals surface area contributed by atoms with Crippen molar-refractivity contribution < 1.29 is 9.90 Å². The summed E-state index contributed by atoms with van der Waals surface area (Å²) in [5.74, 6) is 0. The molecule has 0 spiro atoms. The predicted molar refractivity (Wildman–Crippen MR) is 62.3 cm³/mol. The number of aryl methyl sites for hydroxylation is 1. The highest BCUT2D eigenvalue weighted by Gasteiger charge is 1.96. The average molecular weight is 230 g/mol. The van der Waals surface area contributed by atoms with Gasteiger partial charge >= 0.3 is 6.09 Å². The molecule has 0 saturated heterocycles. The molecule has 0 aromatic heterocycles. The summed E-state index contributed by atoms with van der Waals surface area (Å²) >= 11 is 5.96. The first-order chi connectivity index (χ1) is 7.07. The molecule has 1 aromatic carbocycles. The van der Waals surface area contributed by atoms with Crippen molar-refractivity contribution in [2.45, 2.75) is 26.2 Å². The van der Waals surface area contributed by atoms with Gasteiger partial charge in [0.15, 0.2) is 0 Å². The number of rotatable bonds is 3. The van der Waals surface area contributed by atoms with Crippen molar-refractivity contribution in [3.63, 3.8) is 0 Å². The summed E-state index contributed by atoms with van der Waals surface area (Å²) in [6, 6.07) is 8.05. The van der Waals surface area contributed by atoms with Gasteiger partial charge in [-0.3, -0.25) is 0 Å². The van der Waals surface area contributed by atoms with Crippen molar-refractivity contribution in [3.05, 3.63) is 34.9 Å². The maximum Gasteiger partial charge on any atom is 0.402 e. The molecule has 4 heteroatoms. The lowest BCUT2D eigenvalue weighted by molar-refractivity contribution is 0.205. The van der Waals surface area contributed by atoms with Crippen LogP contribution >= 0.6 is 11.6 Å². The third-order valence-electron chi connectivity index (χ3n) is 1.76. The van der Waals surface area contributed by atoms with E-state index in [-0.39, 0.29) is 0 Å². The molecular weight excluding hydrogens is 214 g/mol. The van der Waals surface area contributed by atoms with Gasteiger partial charge in [0.25, 0.3) is 0 Å². The average Bonchev–Trinajstić information content (AvgIpc) is 2.16. The van der Waals surface area contributed by atoms with Crippen LogP contribution in [0.5, 0.6) is 0 Å². The van der Waals surface area contributed by atoms with Crippen LogP contribution in [-0.2, 0) is 6.42 Å². The van der Waals surface area contributed by atoms with E-state index in [1.807, 2.05) is 18.2 Å². The summed E-state index contributed by atoms with van der Waals surface area (Å²) in [6.45, 7) is 2.19. The van der Waals surface area contributed by atoms with Crippen LogP contribution in [0.2, 0.25) is 5.02 Å². The normalized spacial score (nSPS) is 8.93. The zero-order valence-corrected chi connectivity index (χ0v) is 9.50. The van der Waals surface area contributed by atoms with Gasteiger partial charge in [-0.05, 0) is 24.5 Å². The predicted octanol–water partition coefficient (Wildman–Crippen LogP) is 3.31. The monoisotopic (exact) mass is 229 g/mol. The zero-order valence-electron chi connectivity index (χ0n) is 8.74. The molecular formula is C11H16ClNO2. The summed E-state index contributed by atoms with van der Waals surface area (Å²) in [5, 5.41) is 8.10. The van der Waals surface area contributed by atoms with E-state index in [1.165, 1.54) is 18.4 Å². The molecule has 0 aliphatic heterocycles. The summed E-state index contributed by atoms with van der Waals surface area (Å²) in [5.41, 5.74) is 5.30. The van der Waals surface area contributed by atoms with E-state index < -0.39 is 6.09 Å². The lowest BCUT2D eigenvalue weighted by Gasteiger charge is -2.00. The number of unbranched alkanes of at least 4 members (excludes halogenated alkanes) is 1. The molecule has 84 valence electrons. The first kappa shape index (κ1) is 13.8. The zero-order chi connectivity index (χ0) is 11.7. The second-order valence-corrected chi connectivity index (χ2v) is 3.44. The summed E-state index contributed by atoms with van der Waals surface area (Å²) < 4.78 is 0. The molecule has 0 heterocycles. The van der Waals surface area contributed by atoms with Crippen LogP contribution in [0.1, 0.15) is 25.3 Å². The number of nitrogens with two attached hydrogens (primary N) is 1. The Morgan fingerprint density at radius 3 is 2.47 bits per heavy atom. The Hall–Kier alpha value is -1.22. The third-order valence-corrected chi connectivity index (χ3v) is 2.13. The summed E-state index contributed by atoms with van der Waals surface area (Å²) in [6.07, 6.45) is 2.23. The highest BCUT2D eigenvalue weighted by atomic mass is 35.5. The molecule has 0 unspecified atom stereocenters. The minimum Gasteiger partial charge on any atom is -0.465 e. The van der Waals surface area contributed by atoms with Gasteiger partial charge in [-0.2, -0.15) is 0 Å². The number of hydrogen-bond acceptors (Lipinski definition) is 1. The maximum absolute atomic E-state index is 8.78. The fourth-order valence-electron chi connectivity index (χ4n) is 1.07. The highest BCUT2D eigenvalue weighted by molar-refractivity contribution is 6.31. The Labute approximate surface area is 94.9 Å². The van der Waals surface area contributed by atoms with E-state index in [0.29, 0.717) is 0 Å². The third kappa shape index (κ3) is 7.82. The topological polar surface area (TPSA) is 63.3 Å². The quantitative estimate of drug-likeness (QED) is 0.835. The van der Waals surface area contributed by atoms with Crippen molar-refractivity contribution in [1.82, 2.24) is 0 Å². The maximum atomic E-state index is 8.78. The van der Waals surface area contributed by atoms with Crippen molar-refractivity contribution in [1.29, 1.82) is 0 Å². The molecule has 0 saturated carbocycles. The van der Waals surface area contributed by atoms with Gasteiger partial charge in [0, 0.05) is 5.02 Å². The lowest BCUT2D eigenvalue weighted by atomic mass is 10.1. The van der Waals surface area contributed by atoms with E-state index in [0.717, 1.165) is 11.4 Å². The van der Waals surface area contributed by atoms with Gasteiger partial charge in [-0.15, -0.1) is 0 Å². The van der Waals surface area contributed by atoms with E-state index in [4.69, 9.17) is 21.5 Å². The highest BCUT2D eigenvalue weighted by Crippen LogP contribution is 2.16. The first-order valence-electron chi connectivity index (χ1n) is 4.79. The van der Waals surface area contributed by atoms with E-state index in [9.17, 15) is 0 Å². The van der Waals surface area contributed by atoms with Gasteiger partial charge in [-0.1, -0.05) is 43.1 Å². The molecule has 0 aliphatic rings. The Bertz CT molecular complexity index is 298. The van der Waals surface area contributed by atoms with Crippen molar-refractivity contribution >= 4 is 17.7 Å². The molecule has 0 radical (unpaired) electrons. The van der Waals surface area contributed by atoms with Crippen LogP contribution in [0.25, 0.3) is 0 Å². The molecule has 3 nitrogen and oxygen atoms in total. The Kier molecular flexibility index (Phi) is 7.46. The molecule has 3 N–H and O–H groups in total. The first-order valence-corrected chi connectivity index (χ1v) is 5.17. The van der Waals surface area contributed by atoms with Gasteiger partial charge < -0.3 is 10.8 Å². The second-order valence-electron chi connectivity index (χ2n) is 3.03. The van der Waals surface area contributed by atoms with Crippen LogP contribution in [-0.4, -0.2) is 11.2 Å². The van der Waals surface area contributed by atoms with E-state index >= 15 is 0 Å². The largest absolute Gasteiger partial charge is 0.465 e.